The van der Waals surface area contributed by atoms with Gasteiger partial charge in [0, 0.05) is 11.6 Å². The van der Waals surface area contributed by atoms with Gasteiger partial charge in [-0.15, -0.1) is 0 Å². The molecule has 0 N–H and O–H groups in total. The van der Waals surface area contributed by atoms with Crippen LogP contribution in [0.15, 0.2) is 48.5 Å². The Kier molecular flexibility index (Phi) is 6.07. The first-order chi connectivity index (χ1) is 11.8. The van der Waals surface area contributed by atoms with Crippen LogP contribution in [0.3, 0.4) is 0 Å². The molecule has 0 amide bonds. The molecule has 2 rings (SSSR count). The molecule has 0 aliphatic heterocycles. The van der Waals surface area contributed by atoms with Gasteiger partial charge in [0.25, 0.3) is 0 Å². The molecule has 0 unspecified atom stereocenters. The molecule has 0 saturated heterocycles. The maximum Gasteiger partial charge on any atom is 0.313 e. The van der Waals surface area contributed by atoms with Gasteiger partial charge in [0.15, 0.2) is 0 Å². The molecule has 1 atom stereocenters. The Balaban J connectivity index is 2.11. The van der Waals surface area contributed by atoms with Gasteiger partial charge in [0.1, 0.15) is 23.7 Å². The van der Waals surface area contributed by atoms with Gasteiger partial charge in [0.2, 0.25) is 0 Å². The molecule has 0 aliphatic carbocycles. The van der Waals surface area contributed by atoms with Gasteiger partial charge in [-0.2, -0.15) is 0 Å². The molecule has 0 spiro atoms. The lowest BCUT2D eigenvalue weighted by molar-refractivity contribution is -0.156. The van der Waals surface area contributed by atoms with Crippen LogP contribution in [0.4, 0.5) is 0 Å². The normalized spacial score (nSPS) is 12.4. The summed E-state index contributed by atoms with van der Waals surface area (Å²) in [6, 6.07) is 15.5. The molecule has 25 heavy (non-hydrogen) atoms. The fraction of sp³-hybridized carbons (Fsp3) is 0.381. The molecule has 0 radical (unpaired) electrons. The number of rotatable bonds is 6. The standard InChI is InChI=1S/C21H26O4/c1-15(20(22)25-21(2,3)4)18-12-11-17(13-19(18)23-5)24-14-16-9-7-6-8-10-16/h6-13,15H,14H2,1-5H3/t15-/m0/s1. The summed E-state index contributed by atoms with van der Waals surface area (Å²) < 4.78 is 16.7. The highest BCUT2D eigenvalue weighted by Gasteiger charge is 2.25. The Labute approximate surface area is 149 Å². The van der Waals surface area contributed by atoms with Gasteiger partial charge in [0.05, 0.1) is 13.0 Å². The Morgan fingerprint density at radius 2 is 1.76 bits per heavy atom. The summed E-state index contributed by atoms with van der Waals surface area (Å²) in [5, 5.41) is 0. The van der Waals surface area contributed by atoms with Crippen LogP contribution in [-0.4, -0.2) is 18.7 Å². The third kappa shape index (κ3) is 5.52. The highest BCUT2D eigenvalue weighted by atomic mass is 16.6. The van der Waals surface area contributed by atoms with Crippen molar-refractivity contribution in [2.24, 2.45) is 0 Å². The quantitative estimate of drug-likeness (QED) is 0.713. The van der Waals surface area contributed by atoms with E-state index < -0.39 is 11.5 Å². The molecule has 4 heteroatoms. The smallest absolute Gasteiger partial charge is 0.313 e. The second-order valence-corrected chi connectivity index (χ2v) is 6.93. The summed E-state index contributed by atoms with van der Waals surface area (Å²) in [5.41, 5.74) is 1.36. The van der Waals surface area contributed by atoms with Crippen molar-refractivity contribution in [2.75, 3.05) is 7.11 Å². The van der Waals surface area contributed by atoms with E-state index in [1.807, 2.05) is 70.2 Å². The molecule has 0 heterocycles. The Bertz CT molecular complexity index is 702. The summed E-state index contributed by atoms with van der Waals surface area (Å²) in [4.78, 5) is 12.3. The van der Waals surface area contributed by atoms with Gasteiger partial charge in [-0.25, -0.2) is 0 Å². The molecule has 134 valence electrons. The van der Waals surface area contributed by atoms with Crippen LogP contribution in [0.1, 0.15) is 44.7 Å². The average molecular weight is 342 g/mol. The topological polar surface area (TPSA) is 44.8 Å². The van der Waals surface area contributed by atoms with Crippen molar-refractivity contribution in [3.05, 3.63) is 59.7 Å². The number of hydrogen-bond donors (Lipinski definition) is 0. The van der Waals surface area contributed by atoms with E-state index in [0.29, 0.717) is 18.1 Å². The molecule has 0 saturated carbocycles. The van der Waals surface area contributed by atoms with Gasteiger partial charge in [-0.05, 0) is 39.3 Å². The second-order valence-electron chi connectivity index (χ2n) is 6.93. The van der Waals surface area contributed by atoms with Crippen LogP contribution in [0.5, 0.6) is 11.5 Å². The fourth-order valence-electron chi connectivity index (χ4n) is 2.40. The lowest BCUT2D eigenvalue weighted by atomic mass is 9.99. The predicted octanol–water partition coefficient (Wildman–Crippen LogP) is 4.72. The van der Waals surface area contributed by atoms with Crippen molar-refractivity contribution in [2.45, 2.75) is 45.8 Å². The van der Waals surface area contributed by atoms with Crippen LogP contribution in [-0.2, 0) is 16.1 Å². The minimum atomic E-state index is -0.517. The van der Waals surface area contributed by atoms with Gasteiger partial charge in [-0.3, -0.25) is 4.79 Å². The zero-order valence-corrected chi connectivity index (χ0v) is 15.5. The number of benzene rings is 2. The van der Waals surface area contributed by atoms with E-state index in [1.54, 1.807) is 13.2 Å². The first-order valence-electron chi connectivity index (χ1n) is 8.37. The van der Waals surface area contributed by atoms with Crippen molar-refractivity contribution < 1.29 is 19.0 Å². The predicted molar refractivity (Wildman–Crippen MR) is 98.0 cm³/mol. The minimum absolute atomic E-state index is 0.274. The number of carbonyl (C=O) groups excluding carboxylic acids is 1. The van der Waals surface area contributed by atoms with E-state index >= 15 is 0 Å². The summed E-state index contributed by atoms with van der Waals surface area (Å²) in [6.45, 7) is 7.86. The summed E-state index contributed by atoms with van der Waals surface area (Å²) >= 11 is 0. The largest absolute Gasteiger partial charge is 0.496 e. The van der Waals surface area contributed by atoms with Gasteiger partial charge < -0.3 is 14.2 Å². The SMILES string of the molecule is COc1cc(OCc2ccccc2)ccc1[C@H](C)C(=O)OC(C)(C)C. The third-order valence-corrected chi connectivity index (χ3v) is 3.68. The van der Waals surface area contributed by atoms with Crippen molar-refractivity contribution in [1.29, 1.82) is 0 Å². The Morgan fingerprint density at radius 3 is 2.36 bits per heavy atom. The van der Waals surface area contributed by atoms with Crippen LogP contribution < -0.4 is 9.47 Å². The number of carbonyl (C=O) groups is 1. The van der Waals surface area contributed by atoms with E-state index in [-0.39, 0.29) is 5.97 Å². The minimum Gasteiger partial charge on any atom is -0.496 e. The van der Waals surface area contributed by atoms with Crippen LogP contribution in [0, 0.1) is 0 Å². The number of ether oxygens (including phenoxy) is 3. The van der Waals surface area contributed by atoms with E-state index in [1.165, 1.54) is 0 Å². The Morgan fingerprint density at radius 1 is 1.08 bits per heavy atom. The van der Waals surface area contributed by atoms with Crippen molar-refractivity contribution in [3.8, 4) is 11.5 Å². The maximum absolute atomic E-state index is 12.3. The zero-order chi connectivity index (χ0) is 18.4. The molecular weight excluding hydrogens is 316 g/mol. The Hall–Kier alpha value is -2.49. The van der Waals surface area contributed by atoms with Gasteiger partial charge >= 0.3 is 5.97 Å². The van der Waals surface area contributed by atoms with E-state index in [9.17, 15) is 4.79 Å². The van der Waals surface area contributed by atoms with Crippen molar-refractivity contribution in [3.63, 3.8) is 0 Å². The molecular formula is C21H26O4. The van der Waals surface area contributed by atoms with Crippen LogP contribution in [0.2, 0.25) is 0 Å². The number of methoxy groups -OCH3 is 1. The molecule has 0 aliphatic rings. The van der Waals surface area contributed by atoms with Crippen LogP contribution in [0.25, 0.3) is 0 Å². The molecule has 0 fully saturated rings. The number of esters is 1. The molecule has 2 aromatic rings. The van der Waals surface area contributed by atoms with E-state index in [2.05, 4.69) is 0 Å². The summed E-state index contributed by atoms with van der Waals surface area (Å²) in [6.07, 6.45) is 0. The third-order valence-electron chi connectivity index (χ3n) is 3.68. The summed E-state index contributed by atoms with van der Waals surface area (Å²) in [7, 11) is 1.58. The molecule has 0 aromatic heterocycles. The molecule has 2 aromatic carbocycles. The van der Waals surface area contributed by atoms with Gasteiger partial charge in [-0.1, -0.05) is 36.4 Å². The highest BCUT2D eigenvalue weighted by molar-refractivity contribution is 5.79. The lowest BCUT2D eigenvalue weighted by Crippen LogP contribution is -2.27. The first-order valence-corrected chi connectivity index (χ1v) is 8.37. The lowest BCUT2D eigenvalue weighted by Gasteiger charge is -2.23. The fourth-order valence-corrected chi connectivity index (χ4v) is 2.40. The molecule has 4 nitrogen and oxygen atoms in total. The molecule has 0 bridgehead atoms. The second kappa shape index (κ2) is 8.06. The number of hydrogen-bond acceptors (Lipinski definition) is 4. The van der Waals surface area contributed by atoms with Crippen molar-refractivity contribution in [1.82, 2.24) is 0 Å². The van der Waals surface area contributed by atoms with Crippen LogP contribution >= 0.6 is 0 Å². The van der Waals surface area contributed by atoms with Crippen molar-refractivity contribution >= 4 is 5.97 Å². The average Bonchev–Trinajstić information content (AvgIpc) is 2.58. The first kappa shape index (κ1) is 18.8. The maximum atomic E-state index is 12.3. The summed E-state index contributed by atoms with van der Waals surface area (Å²) in [5.74, 6) is 0.617. The van der Waals surface area contributed by atoms with E-state index in [4.69, 9.17) is 14.2 Å². The zero-order valence-electron chi connectivity index (χ0n) is 15.5. The highest BCUT2D eigenvalue weighted by Crippen LogP contribution is 2.32. The monoisotopic (exact) mass is 342 g/mol. The van der Waals surface area contributed by atoms with E-state index in [0.717, 1.165) is 11.1 Å².